The second-order valence-electron chi connectivity index (χ2n) is 9.13. The first kappa shape index (κ1) is 19.7. The fraction of sp³-hybridized carbons (Fsp3) is 0.542. The fourth-order valence-corrected chi connectivity index (χ4v) is 5.77. The number of aryl methyl sites for hydroxylation is 1. The van der Waals surface area contributed by atoms with Crippen LogP contribution >= 0.6 is 11.3 Å². The molecular weight excluding hydrogens is 394 g/mol. The highest BCUT2D eigenvalue weighted by Gasteiger charge is 2.39. The number of aromatic nitrogens is 1. The highest BCUT2D eigenvalue weighted by atomic mass is 32.1. The van der Waals surface area contributed by atoms with Crippen molar-refractivity contribution in [3.63, 3.8) is 0 Å². The number of rotatable bonds is 4. The molecule has 1 N–H and O–H groups in total. The summed E-state index contributed by atoms with van der Waals surface area (Å²) < 4.78 is 0. The van der Waals surface area contributed by atoms with Gasteiger partial charge in [-0.15, -0.1) is 11.3 Å². The summed E-state index contributed by atoms with van der Waals surface area (Å²) in [5.74, 6) is 0.760. The van der Waals surface area contributed by atoms with Crippen LogP contribution in [0, 0.1) is 18.8 Å². The topological polar surface area (TPSA) is 62.3 Å². The molecule has 5 rings (SSSR count). The Kier molecular flexibility index (Phi) is 5.13. The molecule has 30 heavy (non-hydrogen) atoms. The van der Waals surface area contributed by atoms with E-state index < -0.39 is 0 Å². The van der Waals surface area contributed by atoms with Crippen molar-refractivity contribution in [1.82, 2.24) is 4.98 Å². The van der Waals surface area contributed by atoms with Crippen LogP contribution in [0.5, 0.6) is 0 Å². The van der Waals surface area contributed by atoms with E-state index in [0.29, 0.717) is 5.13 Å². The zero-order valence-electron chi connectivity index (χ0n) is 17.7. The normalized spacial score (nSPS) is 21.5. The van der Waals surface area contributed by atoms with E-state index in [-0.39, 0.29) is 29.7 Å². The number of nitrogens with one attached hydrogen (secondary N) is 1. The molecule has 3 aliphatic rings. The van der Waals surface area contributed by atoms with Crippen LogP contribution in [0.1, 0.15) is 62.3 Å². The van der Waals surface area contributed by atoms with Crippen LogP contribution < -0.4 is 10.2 Å². The molecule has 2 fully saturated rings. The highest BCUT2D eigenvalue weighted by Crippen LogP contribution is 2.41. The van der Waals surface area contributed by atoms with Gasteiger partial charge in [0.2, 0.25) is 11.8 Å². The van der Waals surface area contributed by atoms with Gasteiger partial charge < -0.3 is 10.2 Å². The van der Waals surface area contributed by atoms with Gasteiger partial charge in [-0.1, -0.05) is 25.3 Å². The number of hydrogen-bond acceptors (Lipinski definition) is 4. The van der Waals surface area contributed by atoms with E-state index in [1.165, 1.54) is 12.0 Å². The van der Waals surface area contributed by atoms with Crippen LogP contribution in [0.15, 0.2) is 18.2 Å². The van der Waals surface area contributed by atoms with Gasteiger partial charge in [0.25, 0.3) is 0 Å². The lowest BCUT2D eigenvalue weighted by Crippen LogP contribution is -2.36. The molecule has 0 radical (unpaired) electrons. The molecule has 2 aromatic rings. The number of hydrogen-bond donors (Lipinski definition) is 1. The molecule has 5 nitrogen and oxygen atoms in total. The summed E-state index contributed by atoms with van der Waals surface area (Å²) in [6.07, 6.45) is 8.46. The number of anilines is 2. The summed E-state index contributed by atoms with van der Waals surface area (Å²) in [5, 5.41) is 3.75. The predicted octanol–water partition coefficient (Wildman–Crippen LogP) is 5.32. The minimum atomic E-state index is 0.118. The molecular formula is C24H29N3O2S. The average molecular weight is 424 g/mol. The number of carbonyl (C=O) groups is 2. The van der Waals surface area contributed by atoms with Crippen molar-refractivity contribution in [3.05, 3.63) is 28.6 Å². The fourth-order valence-electron chi connectivity index (χ4n) is 4.93. The number of fused-ring (bicyclic) bond motifs is 1. The molecule has 2 saturated carbocycles. The van der Waals surface area contributed by atoms with E-state index in [4.69, 9.17) is 4.98 Å². The number of amides is 2. The molecule has 0 unspecified atom stereocenters. The van der Waals surface area contributed by atoms with Crippen molar-refractivity contribution in [1.29, 1.82) is 0 Å². The Labute approximate surface area is 181 Å². The average Bonchev–Trinajstić information content (AvgIpc) is 3.45. The largest absolute Gasteiger partial charge is 0.309 e. The second-order valence-corrected chi connectivity index (χ2v) is 10.3. The van der Waals surface area contributed by atoms with Crippen LogP contribution in [-0.2, 0) is 16.0 Å². The van der Waals surface area contributed by atoms with Crippen molar-refractivity contribution in [2.75, 3.05) is 10.2 Å². The first-order valence-electron chi connectivity index (χ1n) is 11.3. The summed E-state index contributed by atoms with van der Waals surface area (Å²) in [7, 11) is 0. The summed E-state index contributed by atoms with van der Waals surface area (Å²) in [5.41, 5.74) is 4.27. The van der Waals surface area contributed by atoms with Gasteiger partial charge in [-0.25, -0.2) is 4.98 Å². The summed E-state index contributed by atoms with van der Waals surface area (Å²) in [4.78, 5) is 33.2. The molecule has 0 spiro atoms. The van der Waals surface area contributed by atoms with Crippen molar-refractivity contribution in [2.45, 2.75) is 71.3 Å². The maximum atomic E-state index is 12.7. The van der Waals surface area contributed by atoms with Gasteiger partial charge in [-0.05, 0) is 63.6 Å². The molecule has 6 heteroatoms. The van der Waals surface area contributed by atoms with Gasteiger partial charge in [0.1, 0.15) is 0 Å². The highest BCUT2D eigenvalue weighted by molar-refractivity contribution is 7.16. The summed E-state index contributed by atoms with van der Waals surface area (Å²) >= 11 is 1.55. The van der Waals surface area contributed by atoms with Gasteiger partial charge in [0, 0.05) is 34.0 Å². The van der Waals surface area contributed by atoms with Crippen LogP contribution in [-0.4, -0.2) is 22.8 Å². The third-order valence-corrected chi connectivity index (χ3v) is 7.62. The van der Waals surface area contributed by atoms with Crippen LogP contribution in [0.2, 0.25) is 0 Å². The first-order valence-corrected chi connectivity index (χ1v) is 12.1. The van der Waals surface area contributed by atoms with E-state index in [0.717, 1.165) is 66.8 Å². The van der Waals surface area contributed by atoms with Crippen LogP contribution in [0.3, 0.4) is 0 Å². The van der Waals surface area contributed by atoms with E-state index in [1.807, 2.05) is 4.90 Å². The zero-order valence-corrected chi connectivity index (χ0v) is 18.6. The Bertz CT molecular complexity index is 988. The van der Waals surface area contributed by atoms with E-state index in [2.05, 4.69) is 37.4 Å². The van der Waals surface area contributed by atoms with Crippen molar-refractivity contribution in [2.24, 2.45) is 11.8 Å². The molecule has 0 bridgehead atoms. The van der Waals surface area contributed by atoms with E-state index >= 15 is 0 Å². The molecule has 2 aliphatic carbocycles. The Balaban J connectivity index is 1.36. The molecule has 2 heterocycles. The standard InChI is InChI=1S/C24H29N3O2S/c1-14-12-19-13-18(10-11-20(19)27(14)23(29)17-8-9-17)21-15(2)30-24(25-21)26-22(28)16-6-4-3-5-7-16/h10-11,13-14,16-17H,3-9,12H2,1-2H3,(H,25,26,28)/t14-/m0/s1. The number of carbonyl (C=O) groups excluding carboxylic acids is 2. The number of nitrogens with zero attached hydrogens (tertiary/aromatic N) is 2. The minimum absolute atomic E-state index is 0.118. The van der Waals surface area contributed by atoms with Crippen molar-refractivity contribution < 1.29 is 9.59 Å². The molecule has 158 valence electrons. The SMILES string of the molecule is Cc1sc(NC(=O)C2CCCCC2)nc1-c1ccc2c(c1)C[C@H](C)N2C(=O)C1CC1. The Morgan fingerprint density at radius 3 is 2.60 bits per heavy atom. The van der Waals surface area contributed by atoms with Gasteiger partial charge in [0.15, 0.2) is 5.13 Å². The molecule has 1 aromatic heterocycles. The van der Waals surface area contributed by atoms with E-state index in [1.54, 1.807) is 11.3 Å². The van der Waals surface area contributed by atoms with Crippen LogP contribution in [0.25, 0.3) is 11.3 Å². The zero-order chi connectivity index (χ0) is 20.8. The Morgan fingerprint density at radius 2 is 1.87 bits per heavy atom. The smallest absolute Gasteiger partial charge is 0.230 e. The number of benzene rings is 1. The van der Waals surface area contributed by atoms with Crippen LogP contribution in [0.4, 0.5) is 10.8 Å². The lowest BCUT2D eigenvalue weighted by atomic mass is 9.89. The van der Waals surface area contributed by atoms with Gasteiger partial charge in [-0.3, -0.25) is 9.59 Å². The molecule has 1 aliphatic heterocycles. The monoisotopic (exact) mass is 423 g/mol. The maximum absolute atomic E-state index is 12.7. The van der Waals surface area contributed by atoms with Gasteiger partial charge in [0.05, 0.1) is 5.69 Å². The maximum Gasteiger partial charge on any atom is 0.230 e. The summed E-state index contributed by atoms with van der Waals surface area (Å²) in [6, 6.07) is 6.54. The van der Waals surface area contributed by atoms with Crippen molar-refractivity contribution in [3.8, 4) is 11.3 Å². The third-order valence-electron chi connectivity index (χ3n) is 6.74. The van der Waals surface area contributed by atoms with Crippen molar-refractivity contribution >= 4 is 34.0 Å². The minimum Gasteiger partial charge on any atom is -0.309 e. The number of thiazole rings is 1. The molecule has 1 aromatic carbocycles. The van der Waals surface area contributed by atoms with E-state index in [9.17, 15) is 9.59 Å². The Morgan fingerprint density at radius 1 is 1.10 bits per heavy atom. The molecule has 0 saturated heterocycles. The van der Waals surface area contributed by atoms with Gasteiger partial charge in [-0.2, -0.15) is 0 Å². The lowest BCUT2D eigenvalue weighted by Gasteiger charge is -2.22. The summed E-state index contributed by atoms with van der Waals surface area (Å²) in [6.45, 7) is 4.19. The third kappa shape index (κ3) is 3.66. The Hall–Kier alpha value is -2.21. The predicted molar refractivity (Wildman–Crippen MR) is 121 cm³/mol. The molecule has 1 atom stereocenters. The van der Waals surface area contributed by atoms with Gasteiger partial charge >= 0.3 is 0 Å². The first-order chi connectivity index (χ1) is 14.5. The second kappa shape index (κ2) is 7.80. The quantitative estimate of drug-likeness (QED) is 0.723. The molecule has 2 amide bonds. The lowest BCUT2D eigenvalue weighted by molar-refractivity contribution is -0.121.